The zero-order valence-electron chi connectivity index (χ0n) is 18.4. The number of anilines is 2. The summed E-state index contributed by atoms with van der Waals surface area (Å²) in [5, 5.41) is 1.21. The molecular weight excluding hydrogens is 488 g/mol. The van der Waals surface area contributed by atoms with Crippen LogP contribution in [0.4, 0.5) is 11.4 Å². The molecule has 3 aliphatic rings. The Balaban J connectivity index is 1.21. The first-order valence-electron chi connectivity index (χ1n) is 11.0. The number of carbonyl (C=O) groups is 2. The van der Waals surface area contributed by atoms with Crippen LogP contribution in [0.25, 0.3) is 6.08 Å². The van der Waals surface area contributed by atoms with E-state index in [-0.39, 0.29) is 22.2 Å². The number of sulfone groups is 1. The Labute approximate surface area is 205 Å². The number of thioether (sulfide) groups is 1. The Hall–Kier alpha value is -3.57. The molecule has 0 radical (unpaired) electrons. The number of aryl methyl sites for hydroxylation is 1. The van der Waals surface area contributed by atoms with Crippen molar-refractivity contribution >= 4 is 50.9 Å². The summed E-state index contributed by atoms with van der Waals surface area (Å²) in [5.74, 6) is -0.349. The molecule has 0 saturated carbocycles. The minimum atomic E-state index is -3.36. The van der Waals surface area contributed by atoms with Crippen LogP contribution in [0.5, 0.6) is 0 Å². The first-order chi connectivity index (χ1) is 16.9. The third-order valence-corrected chi connectivity index (χ3v) is 9.03. The van der Waals surface area contributed by atoms with E-state index in [4.69, 9.17) is 4.84 Å². The van der Waals surface area contributed by atoms with Crippen LogP contribution in [0.2, 0.25) is 0 Å². The molecule has 3 aromatic rings. The van der Waals surface area contributed by atoms with Crippen molar-refractivity contribution < 1.29 is 22.8 Å². The van der Waals surface area contributed by atoms with Gasteiger partial charge in [0.25, 0.3) is 5.91 Å². The Bertz CT molecular complexity index is 1410. The number of hydrogen-bond acceptors (Lipinski definition) is 8. The molecule has 0 spiro atoms. The second kappa shape index (κ2) is 8.28. The fourth-order valence-corrected chi connectivity index (χ4v) is 7.17. The molecule has 2 atom stereocenters. The molecule has 0 aliphatic carbocycles. The molecule has 1 amide bonds. The number of aromatic nitrogens is 2. The second-order valence-corrected chi connectivity index (χ2v) is 11.5. The molecule has 4 heterocycles. The molecule has 1 aromatic heterocycles. The smallest absolute Gasteiger partial charge is 0.334 e. The van der Waals surface area contributed by atoms with E-state index in [1.54, 1.807) is 16.8 Å². The van der Waals surface area contributed by atoms with Crippen molar-refractivity contribution in [2.24, 2.45) is 0 Å². The molecule has 2 unspecified atom stereocenters. The van der Waals surface area contributed by atoms with Crippen LogP contribution in [0.3, 0.4) is 0 Å². The topological polar surface area (TPSA) is 102 Å². The third kappa shape index (κ3) is 3.71. The molecule has 178 valence electrons. The van der Waals surface area contributed by atoms with Gasteiger partial charge in [0.05, 0.1) is 28.4 Å². The lowest BCUT2D eigenvalue weighted by molar-refractivity contribution is -0.155. The molecule has 35 heavy (non-hydrogen) atoms. The minimum Gasteiger partial charge on any atom is -0.334 e. The standard InChI is InChI=1S/C24H20N4O5S2/c29-21-19(13-16-14-26-11-12-35(31,32)24(26)25-16)22-27(21)20(15-34-22)23(30)33-28(17-7-3-1-4-8-17)18-9-5-2-6-10-18/h1-10,13-14,20,22H,11-12,15H2. The van der Waals surface area contributed by atoms with Crippen LogP contribution in [0.1, 0.15) is 5.69 Å². The highest BCUT2D eigenvalue weighted by molar-refractivity contribution is 8.00. The Morgan fingerprint density at radius 1 is 1.09 bits per heavy atom. The summed E-state index contributed by atoms with van der Waals surface area (Å²) in [7, 11) is -3.36. The predicted molar refractivity (Wildman–Crippen MR) is 130 cm³/mol. The highest BCUT2D eigenvalue weighted by Gasteiger charge is 2.54. The molecule has 9 nitrogen and oxygen atoms in total. The summed E-state index contributed by atoms with van der Waals surface area (Å²) in [5.41, 5.74) is 2.31. The van der Waals surface area contributed by atoms with Crippen LogP contribution in [-0.4, -0.2) is 57.7 Å². The van der Waals surface area contributed by atoms with E-state index in [0.29, 0.717) is 34.9 Å². The van der Waals surface area contributed by atoms with Gasteiger partial charge in [-0.25, -0.2) is 18.2 Å². The van der Waals surface area contributed by atoms with Crippen molar-refractivity contribution in [3.8, 4) is 0 Å². The summed E-state index contributed by atoms with van der Waals surface area (Å²) >= 11 is 1.47. The number of carbonyl (C=O) groups excluding carboxylic acids is 2. The van der Waals surface area contributed by atoms with Gasteiger partial charge in [0.2, 0.25) is 15.0 Å². The Kier molecular flexibility index (Phi) is 5.19. The van der Waals surface area contributed by atoms with Crippen LogP contribution < -0.4 is 5.06 Å². The summed E-state index contributed by atoms with van der Waals surface area (Å²) in [6.45, 7) is 0.360. The summed E-state index contributed by atoms with van der Waals surface area (Å²) in [4.78, 5) is 37.7. The number of amides is 1. The lowest BCUT2D eigenvalue weighted by Gasteiger charge is -2.39. The van der Waals surface area contributed by atoms with Crippen LogP contribution in [-0.2, 0) is 30.8 Å². The van der Waals surface area contributed by atoms with Gasteiger partial charge in [-0.1, -0.05) is 36.4 Å². The van der Waals surface area contributed by atoms with Crippen molar-refractivity contribution in [1.29, 1.82) is 0 Å². The number of hydrogen-bond donors (Lipinski definition) is 0. The Morgan fingerprint density at radius 2 is 1.74 bits per heavy atom. The number of fused-ring (bicyclic) bond motifs is 2. The number of nitrogens with zero attached hydrogens (tertiary/aromatic N) is 4. The fourth-order valence-electron chi connectivity index (χ4n) is 4.39. The molecule has 6 rings (SSSR count). The number of rotatable bonds is 5. The van der Waals surface area contributed by atoms with E-state index in [0.717, 1.165) is 0 Å². The van der Waals surface area contributed by atoms with E-state index in [1.165, 1.54) is 21.7 Å². The van der Waals surface area contributed by atoms with Gasteiger partial charge in [0.15, 0.2) is 0 Å². The zero-order valence-corrected chi connectivity index (χ0v) is 20.0. The largest absolute Gasteiger partial charge is 0.356 e. The fraction of sp³-hybridized carbons (Fsp3) is 0.208. The number of imidazole rings is 1. The minimum absolute atomic E-state index is 0.0374. The summed E-state index contributed by atoms with van der Waals surface area (Å²) in [6, 6.07) is 17.8. The SMILES string of the molecule is O=C(ON(c1ccccc1)c1ccccc1)C1CSC2C(=Cc3cn4c(n3)S(=O)(=O)CC4)C(=O)N12. The number of benzene rings is 2. The van der Waals surface area contributed by atoms with Crippen LogP contribution in [0.15, 0.2) is 77.6 Å². The lowest BCUT2D eigenvalue weighted by atomic mass is 10.0. The maximum Gasteiger partial charge on any atom is 0.356 e. The van der Waals surface area contributed by atoms with Crippen LogP contribution in [0, 0.1) is 0 Å². The molecule has 2 saturated heterocycles. The molecule has 2 aromatic carbocycles. The second-order valence-electron chi connectivity index (χ2n) is 8.35. The zero-order chi connectivity index (χ0) is 24.2. The maximum absolute atomic E-state index is 13.2. The quantitative estimate of drug-likeness (QED) is 0.295. The van der Waals surface area contributed by atoms with Gasteiger partial charge in [-0.3, -0.25) is 4.79 Å². The monoisotopic (exact) mass is 508 g/mol. The molecular formula is C24H20N4O5S2. The van der Waals surface area contributed by atoms with Gasteiger partial charge in [-0.2, -0.15) is 5.06 Å². The normalized spacial score (nSPS) is 23.0. The van der Waals surface area contributed by atoms with Crippen LogP contribution >= 0.6 is 11.8 Å². The van der Waals surface area contributed by atoms with E-state index in [9.17, 15) is 18.0 Å². The molecule has 11 heteroatoms. The average Bonchev–Trinajstić information content (AvgIpc) is 3.55. The van der Waals surface area contributed by atoms with Gasteiger partial charge < -0.3 is 14.3 Å². The molecule has 3 aliphatic heterocycles. The van der Waals surface area contributed by atoms with E-state index in [1.807, 2.05) is 60.7 Å². The van der Waals surface area contributed by atoms with Crippen molar-refractivity contribution in [1.82, 2.24) is 14.5 Å². The molecule has 2 fully saturated rings. The summed E-state index contributed by atoms with van der Waals surface area (Å²) in [6.07, 6.45) is 3.26. The molecule has 0 N–H and O–H groups in total. The van der Waals surface area contributed by atoms with Crippen molar-refractivity contribution in [2.45, 2.75) is 23.1 Å². The first-order valence-corrected chi connectivity index (χ1v) is 13.7. The van der Waals surface area contributed by atoms with Gasteiger partial charge in [-0.05, 0) is 30.3 Å². The number of para-hydroxylation sites is 2. The first kappa shape index (κ1) is 21.9. The van der Waals surface area contributed by atoms with E-state index >= 15 is 0 Å². The average molecular weight is 509 g/mol. The van der Waals surface area contributed by atoms with Gasteiger partial charge in [0.1, 0.15) is 11.4 Å². The predicted octanol–water partition coefficient (Wildman–Crippen LogP) is 2.63. The van der Waals surface area contributed by atoms with E-state index < -0.39 is 21.8 Å². The third-order valence-electron chi connectivity index (χ3n) is 6.12. The summed E-state index contributed by atoms with van der Waals surface area (Å²) < 4.78 is 25.7. The maximum atomic E-state index is 13.2. The van der Waals surface area contributed by atoms with Gasteiger partial charge in [0, 0.05) is 18.5 Å². The lowest BCUT2D eigenvalue weighted by Crippen LogP contribution is -2.57. The Morgan fingerprint density at radius 3 is 2.37 bits per heavy atom. The van der Waals surface area contributed by atoms with E-state index in [2.05, 4.69) is 4.98 Å². The van der Waals surface area contributed by atoms with Crippen molar-refractivity contribution in [3.05, 3.63) is 78.1 Å². The number of β-lactam (4-membered cyclic amide) rings is 1. The van der Waals surface area contributed by atoms with Crippen molar-refractivity contribution in [3.63, 3.8) is 0 Å². The highest BCUT2D eigenvalue weighted by atomic mass is 32.2. The molecule has 0 bridgehead atoms. The van der Waals surface area contributed by atoms with Crippen molar-refractivity contribution in [2.75, 3.05) is 16.6 Å². The van der Waals surface area contributed by atoms with Gasteiger partial charge >= 0.3 is 5.97 Å². The highest BCUT2D eigenvalue weighted by Crippen LogP contribution is 2.44. The van der Waals surface area contributed by atoms with Gasteiger partial charge in [-0.15, -0.1) is 11.8 Å².